The van der Waals surface area contributed by atoms with Gasteiger partial charge in [0.2, 0.25) is 0 Å². The van der Waals surface area contributed by atoms with E-state index in [9.17, 15) is 18.5 Å². The highest BCUT2D eigenvalue weighted by atomic mass is 32.2. The highest BCUT2D eigenvalue weighted by molar-refractivity contribution is 7.92. The zero-order chi connectivity index (χ0) is 18.9. The Morgan fingerprint density at radius 1 is 1.08 bits per heavy atom. The molecule has 0 bridgehead atoms. The van der Waals surface area contributed by atoms with Gasteiger partial charge in [-0.2, -0.15) is 0 Å². The van der Waals surface area contributed by atoms with Crippen LogP contribution in [0.15, 0.2) is 47.4 Å². The van der Waals surface area contributed by atoms with Crippen LogP contribution in [0.2, 0.25) is 0 Å². The van der Waals surface area contributed by atoms with Crippen LogP contribution >= 0.6 is 0 Å². The number of hydrogen-bond donors (Lipinski definition) is 0. The first-order valence-electron chi connectivity index (χ1n) is 8.40. The third-order valence-corrected chi connectivity index (χ3v) is 6.50. The average Bonchev–Trinajstić information content (AvgIpc) is 3.16. The Hall–Kier alpha value is -2.61. The minimum Gasteiger partial charge on any atom is -0.372 e. The summed E-state index contributed by atoms with van der Waals surface area (Å²) in [5.41, 5.74) is 1.80. The number of nitrogens with zero attached hydrogens (tertiary/aromatic N) is 3. The quantitative estimate of drug-likeness (QED) is 0.591. The number of aryl methyl sites for hydroxylation is 1. The third-order valence-electron chi connectivity index (χ3n) is 4.72. The molecule has 1 aliphatic heterocycles. The predicted molar refractivity (Wildman–Crippen MR) is 101 cm³/mol. The summed E-state index contributed by atoms with van der Waals surface area (Å²) in [5, 5.41) is 11.1. The molecule has 0 spiro atoms. The molecule has 0 amide bonds. The summed E-state index contributed by atoms with van der Waals surface area (Å²) in [5.74, 6) is 0. The van der Waals surface area contributed by atoms with Crippen molar-refractivity contribution in [3.63, 3.8) is 0 Å². The SMILES string of the molecule is Cc1ccc(S(=O)(=O)N(C)c2ccc(N3CCCC3)cc2)cc1[N+](=O)[O-]. The van der Waals surface area contributed by atoms with Crippen LogP contribution in [0.25, 0.3) is 0 Å². The highest BCUT2D eigenvalue weighted by Crippen LogP contribution is 2.28. The molecule has 1 fully saturated rings. The van der Waals surface area contributed by atoms with Gasteiger partial charge in [0.1, 0.15) is 0 Å². The van der Waals surface area contributed by atoms with Gasteiger partial charge in [-0.3, -0.25) is 14.4 Å². The molecule has 0 N–H and O–H groups in total. The van der Waals surface area contributed by atoms with E-state index in [0.717, 1.165) is 29.1 Å². The van der Waals surface area contributed by atoms with E-state index < -0.39 is 14.9 Å². The Kier molecular flexibility index (Phi) is 4.86. The molecule has 8 heteroatoms. The standard InChI is InChI=1S/C18H21N3O4S/c1-14-5-10-17(13-18(14)21(22)23)26(24,25)19(2)15-6-8-16(9-7-15)20-11-3-4-12-20/h5-10,13H,3-4,11-12H2,1-2H3. The average molecular weight is 375 g/mol. The van der Waals surface area contributed by atoms with Crippen LogP contribution in [-0.2, 0) is 10.0 Å². The van der Waals surface area contributed by atoms with Crippen LogP contribution in [-0.4, -0.2) is 33.5 Å². The molecule has 1 saturated heterocycles. The van der Waals surface area contributed by atoms with Gasteiger partial charge in [-0.25, -0.2) is 8.42 Å². The fraction of sp³-hybridized carbons (Fsp3) is 0.333. The van der Waals surface area contributed by atoms with Crippen LogP contribution in [0.1, 0.15) is 18.4 Å². The summed E-state index contributed by atoms with van der Waals surface area (Å²) in [6.07, 6.45) is 2.34. The summed E-state index contributed by atoms with van der Waals surface area (Å²) < 4.78 is 26.9. The van der Waals surface area contributed by atoms with Gasteiger partial charge in [-0.1, -0.05) is 6.07 Å². The van der Waals surface area contributed by atoms with Crippen LogP contribution in [0.4, 0.5) is 17.1 Å². The Morgan fingerprint density at radius 3 is 2.27 bits per heavy atom. The lowest BCUT2D eigenvalue weighted by atomic mass is 10.2. The summed E-state index contributed by atoms with van der Waals surface area (Å²) in [6, 6.07) is 11.3. The molecular weight excluding hydrogens is 354 g/mol. The van der Waals surface area contributed by atoms with Crippen molar-refractivity contribution in [3.05, 3.63) is 58.1 Å². The van der Waals surface area contributed by atoms with Crippen molar-refractivity contribution in [2.24, 2.45) is 0 Å². The van der Waals surface area contributed by atoms with Crippen molar-refractivity contribution in [1.29, 1.82) is 0 Å². The minimum absolute atomic E-state index is 0.0964. The Labute approximate surface area is 153 Å². The zero-order valence-corrected chi connectivity index (χ0v) is 15.6. The first-order chi connectivity index (χ1) is 12.3. The van der Waals surface area contributed by atoms with Crippen molar-refractivity contribution in [3.8, 4) is 0 Å². The van der Waals surface area contributed by atoms with Crippen molar-refractivity contribution < 1.29 is 13.3 Å². The van der Waals surface area contributed by atoms with Gasteiger partial charge in [-0.05, 0) is 50.1 Å². The second kappa shape index (κ2) is 6.95. The van der Waals surface area contributed by atoms with Crippen LogP contribution in [0.3, 0.4) is 0 Å². The Morgan fingerprint density at radius 2 is 1.69 bits per heavy atom. The van der Waals surface area contributed by atoms with Crippen molar-refractivity contribution in [1.82, 2.24) is 0 Å². The van der Waals surface area contributed by atoms with E-state index in [1.54, 1.807) is 19.1 Å². The molecule has 1 heterocycles. The molecule has 2 aromatic carbocycles. The summed E-state index contributed by atoms with van der Waals surface area (Å²) in [6.45, 7) is 3.61. The van der Waals surface area contributed by atoms with E-state index in [1.165, 1.54) is 32.0 Å². The largest absolute Gasteiger partial charge is 0.372 e. The van der Waals surface area contributed by atoms with E-state index in [-0.39, 0.29) is 10.6 Å². The smallest absolute Gasteiger partial charge is 0.273 e. The number of nitro benzene ring substituents is 1. The monoisotopic (exact) mass is 375 g/mol. The topological polar surface area (TPSA) is 83.8 Å². The molecule has 1 aliphatic rings. The molecule has 2 aromatic rings. The second-order valence-electron chi connectivity index (χ2n) is 6.39. The third kappa shape index (κ3) is 3.37. The number of sulfonamides is 1. The van der Waals surface area contributed by atoms with E-state index in [4.69, 9.17) is 0 Å². The molecule has 3 rings (SSSR count). The van der Waals surface area contributed by atoms with Crippen molar-refractivity contribution in [2.75, 3.05) is 29.3 Å². The van der Waals surface area contributed by atoms with Crippen molar-refractivity contribution in [2.45, 2.75) is 24.7 Å². The van der Waals surface area contributed by atoms with E-state index in [2.05, 4.69) is 4.90 Å². The number of rotatable bonds is 5. The van der Waals surface area contributed by atoms with Gasteiger partial charge in [0.25, 0.3) is 15.7 Å². The Balaban J connectivity index is 1.89. The van der Waals surface area contributed by atoms with Crippen LogP contribution in [0.5, 0.6) is 0 Å². The second-order valence-corrected chi connectivity index (χ2v) is 8.36. The molecule has 0 atom stereocenters. The molecule has 0 radical (unpaired) electrons. The molecule has 0 unspecified atom stereocenters. The van der Waals surface area contributed by atoms with Gasteiger partial charge in [0.15, 0.2) is 0 Å². The molecule has 0 aromatic heterocycles. The number of benzene rings is 2. The molecular formula is C18H21N3O4S. The van der Waals surface area contributed by atoms with E-state index >= 15 is 0 Å². The number of nitro groups is 1. The van der Waals surface area contributed by atoms with Gasteiger partial charge in [-0.15, -0.1) is 0 Å². The first-order valence-corrected chi connectivity index (χ1v) is 9.84. The molecule has 138 valence electrons. The zero-order valence-electron chi connectivity index (χ0n) is 14.8. The van der Waals surface area contributed by atoms with Gasteiger partial charge < -0.3 is 4.90 Å². The van der Waals surface area contributed by atoms with E-state index in [1.807, 2.05) is 12.1 Å². The normalized spacial score (nSPS) is 14.5. The number of anilines is 2. The lowest BCUT2D eigenvalue weighted by Gasteiger charge is -2.22. The van der Waals surface area contributed by atoms with E-state index in [0.29, 0.717) is 11.3 Å². The minimum atomic E-state index is -3.88. The van der Waals surface area contributed by atoms with Crippen LogP contribution < -0.4 is 9.21 Å². The van der Waals surface area contributed by atoms with Gasteiger partial charge >= 0.3 is 0 Å². The first kappa shape index (κ1) is 18.2. The van der Waals surface area contributed by atoms with Gasteiger partial charge in [0, 0.05) is 37.5 Å². The summed E-state index contributed by atoms with van der Waals surface area (Å²) in [4.78, 5) is 12.7. The van der Waals surface area contributed by atoms with Crippen molar-refractivity contribution >= 4 is 27.1 Å². The predicted octanol–water partition coefficient (Wildman–Crippen LogP) is 3.33. The molecule has 0 aliphatic carbocycles. The maximum absolute atomic E-state index is 12.9. The fourth-order valence-corrected chi connectivity index (χ4v) is 4.31. The maximum atomic E-state index is 12.9. The fourth-order valence-electron chi connectivity index (χ4n) is 3.09. The lowest BCUT2D eigenvalue weighted by Crippen LogP contribution is -2.26. The molecule has 0 saturated carbocycles. The molecule has 7 nitrogen and oxygen atoms in total. The van der Waals surface area contributed by atoms with Crippen LogP contribution in [0, 0.1) is 17.0 Å². The summed E-state index contributed by atoms with van der Waals surface area (Å²) >= 11 is 0. The summed E-state index contributed by atoms with van der Waals surface area (Å²) in [7, 11) is -2.43. The van der Waals surface area contributed by atoms with Gasteiger partial charge in [0.05, 0.1) is 15.5 Å². The molecule has 26 heavy (non-hydrogen) atoms. The lowest BCUT2D eigenvalue weighted by molar-refractivity contribution is -0.385. The Bertz CT molecular complexity index is 920. The number of hydrogen-bond acceptors (Lipinski definition) is 5. The maximum Gasteiger partial charge on any atom is 0.273 e. The highest BCUT2D eigenvalue weighted by Gasteiger charge is 2.25.